The number of carbonyl (C=O) groups is 1. The fourth-order valence-electron chi connectivity index (χ4n) is 0.773. The Morgan fingerprint density at radius 2 is 1.54 bits per heavy atom. The zero-order chi connectivity index (χ0) is 11.1. The van der Waals surface area contributed by atoms with E-state index in [4.69, 9.17) is 0 Å². The van der Waals surface area contributed by atoms with Crippen LogP contribution in [-0.4, -0.2) is 30.2 Å². The first-order valence-electron chi connectivity index (χ1n) is 4.93. The number of amides is 1. The summed E-state index contributed by atoms with van der Waals surface area (Å²) in [4.78, 5) is 12.4. The van der Waals surface area contributed by atoms with Crippen LogP contribution in [0, 0.1) is 0 Å². The maximum Gasteiger partial charge on any atom is 0.410 e. The second-order valence-corrected chi connectivity index (χ2v) is 2.87. The Labute approximate surface area is 82.1 Å². The molecule has 80 valence electrons. The summed E-state index contributed by atoms with van der Waals surface area (Å²) in [5.74, 6) is 0. The summed E-state index contributed by atoms with van der Waals surface area (Å²) >= 11 is 0. The lowest BCUT2D eigenvalue weighted by Gasteiger charge is -2.03. The van der Waals surface area contributed by atoms with Crippen molar-refractivity contribution in [3.63, 3.8) is 0 Å². The Morgan fingerprint density at radius 3 is 1.62 bits per heavy atom. The van der Waals surface area contributed by atoms with Crippen LogP contribution >= 0.6 is 0 Å². The first-order valence-corrected chi connectivity index (χ1v) is 4.93. The molecule has 1 fully saturated rings. The SMILES string of the molecule is CC.CC.COC(=O)N1CC1(C)C. The molecule has 13 heavy (non-hydrogen) atoms. The molecular weight excluding hydrogens is 166 g/mol. The maximum absolute atomic E-state index is 10.7. The van der Waals surface area contributed by atoms with E-state index in [9.17, 15) is 4.79 Å². The Hall–Kier alpha value is -0.730. The van der Waals surface area contributed by atoms with Crippen molar-refractivity contribution in [2.75, 3.05) is 13.7 Å². The largest absolute Gasteiger partial charge is 0.453 e. The Kier molecular flexibility index (Phi) is 7.67. The molecule has 0 radical (unpaired) electrons. The molecular formula is C10H23NO2. The van der Waals surface area contributed by atoms with Gasteiger partial charge >= 0.3 is 6.09 Å². The van der Waals surface area contributed by atoms with Crippen molar-refractivity contribution in [3.05, 3.63) is 0 Å². The van der Waals surface area contributed by atoms with Gasteiger partial charge in [-0.25, -0.2) is 4.79 Å². The molecule has 1 saturated heterocycles. The van der Waals surface area contributed by atoms with Gasteiger partial charge in [0.1, 0.15) is 0 Å². The van der Waals surface area contributed by atoms with Crippen molar-refractivity contribution in [1.82, 2.24) is 4.90 Å². The van der Waals surface area contributed by atoms with E-state index < -0.39 is 0 Å². The van der Waals surface area contributed by atoms with E-state index in [2.05, 4.69) is 4.74 Å². The molecule has 0 spiro atoms. The highest BCUT2D eigenvalue weighted by atomic mass is 16.5. The number of hydrogen-bond acceptors (Lipinski definition) is 2. The molecule has 0 aliphatic carbocycles. The molecule has 1 amide bonds. The summed E-state index contributed by atoms with van der Waals surface area (Å²) in [6.07, 6.45) is -0.222. The Bertz CT molecular complexity index is 144. The van der Waals surface area contributed by atoms with Gasteiger partial charge in [-0.1, -0.05) is 27.7 Å². The summed E-state index contributed by atoms with van der Waals surface area (Å²) in [5.41, 5.74) is 0.0487. The molecule has 3 heteroatoms. The minimum absolute atomic E-state index is 0.0487. The fourth-order valence-corrected chi connectivity index (χ4v) is 0.773. The number of rotatable bonds is 0. The Morgan fingerprint density at radius 1 is 1.23 bits per heavy atom. The summed E-state index contributed by atoms with van der Waals surface area (Å²) < 4.78 is 4.50. The van der Waals surface area contributed by atoms with E-state index in [1.54, 1.807) is 4.90 Å². The molecule has 3 nitrogen and oxygen atoms in total. The van der Waals surface area contributed by atoms with Crippen molar-refractivity contribution >= 4 is 6.09 Å². The third-order valence-corrected chi connectivity index (χ3v) is 1.57. The quantitative estimate of drug-likeness (QED) is 0.548. The number of nitrogens with zero attached hydrogens (tertiary/aromatic N) is 1. The van der Waals surface area contributed by atoms with Crippen LogP contribution in [0.5, 0.6) is 0 Å². The van der Waals surface area contributed by atoms with Gasteiger partial charge in [-0.15, -0.1) is 0 Å². The van der Waals surface area contributed by atoms with E-state index in [1.165, 1.54) is 7.11 Å². The lowest BCUT2D eigenvalue weighted by Crippen LogP contribution is -2.17. The third-order valence-electron chi connectivity index (χ3n) is 1.57. The second-order valence-electron chi connectivity index (χ2n) is 2.87. The monoisotopic (exact) mass is 189 g/mol. The zero-order valence-electron chi connectivity index (χ0n) is 9.97. The van der Waals surface area contributed by atoms with E-state index in [0.29, 0.717) is 0 Å². The van der Waals surface area contributed by atoms with Gasteiger partial charge in [0.25, 0.3) is 0 Å². The first-order chi connectivity index (χ1) is 6.08. The number of methoxy groups -OCH3 is 1. The van der Waals surface area contributed by atoms with Crippen molar-refractivity contribution < 1.29 is 9.53 Å². The molecule has 1 aliphatic heterocycles. The van der Waals surface area contributed by atoms with Gasteiger partial charge in [-0.05, 0) is 13.8 Å². The van der Waals surface area contributed by atoms with Gasteiger partial charge < -0.3 is 4.74 Å². The lowest BCUT2D eigenvalue weighted by atomic mass is 10.2. The Balaban J connectivity index is 0. The van der Waals surface area contributed by atoms with Gasteiger partial charge in [0.15, 0.2) is 0 Å². The van der Waals surface area contributed by atoms with Crippen LogP contribution in [0.3, 0.4) is 0 Å². The highest BCUT2D eigenvalue weighted by Gasteiger charge is 2.47. The molecule has 0 unspecified atom stereocenters. The van der Waals surface area contributed by atoms with Gasteiger partial charge in [0.05, 0.1) is 12.6 Å². The van der Waals surface area contributed by atoms with Gasteiger partial charge in [0, 0.05) is 6.54 Å². The topological polar surface area (TPSA) is 29.3 Å². The first kappa shape index (κ1) is 14.8. The molecule has 0 atom stereocenters. The number of carbonyl (C=O) groups excluding carboxylic acids is 1. The maximum atomic E-state index is 10.7. The van der Waals surface area contributed by atoms with Crippen LogP contribution in [0.2, 0.25) is 0 Å². The zero-order valence-corrected chi connectivity index (χ0v) is 9.97. The van der Waals surface area contributed by atoms with Crippen LogP contribution in [0.25, 0.3) is 0 Å². The predicted octanol–water partition coefficient (Wildman–Crippen LogP) is 2.90. The summed E-state index contributed by atoms with van der Waals surface area (Å²) in [7, 11) is 1.40. The summed E-state index contributed by atoms with van der Waals surface area (Å²) in [5, 5.41) is 0. The third kappa shape index (κ3) is 4.76. The van der Waals surface area contributed by atoms with Crippen LogP contribution < -0.4 is 0 Å². The van der Waals surface area contributed by atoms with Gasteiger partial charge in [-0.2, -0.15) is 0 Å². The van der Waals surface area contributed by atoms with Crippen molar-refractivity contribution in [1.29, 1.82) is 0 Å². The van der Waals surface area contributed by atoms with E-state index in [0.717, 1.165) is 6.54 Å². The molecule has 1 heterocycles. The fraction of sp³-hybridized carbons (Fsp3) is 0.900. The second kappa shape index (κ2) is 6.75. The predicted molar refractivity (Wildman–Crippen MR) is 55.9 cm³/mol. The van der Waals surface area contributed by atoms with Crippen LogP contribution in [-0.2, 0) is 4.74 Å². The molecule has 0 aromatic heterocycles. The highest BCUT2D eigenvalue weighted by Crippen LogP contribution is 2.30. The molecule has 0 saturated carbocycles. The van der Waals surface area contributed by atoms with Crippen LogP contribution in [0.1, 0.15) is 41.5 Å². The summed E-state index contributed by atoms with van der Waals surface area (Å²) in [6, 6.07) is 0. The minimum atomic E-state index is -0.222. The van der Waals surface area contributed by atoms with Crippen molar-refractivity contribution in [2.45, 2.75) is 47.1 Å². The van der Waals surface area contributed by atoms with Crippen LogP contribution in [0.15, 0.2) is 0 Å². The average molecular weight is 189 g/mol. The smallest absolute Gasteiger partial charge is 0.410 e. The number of ether oxygens (including phenoxy) is 1. The normalized spacial score (nSPS) is 15.8. The van der Waals surface area contributed by atoms with Crippen LogP contribution in [0.4, 0.5) is 4.79 Å². The average Bonchev–Trinajstić information content (AvgIpc) is 2.81. The van der Waals surface area contributed by atoms with E-state index in [1.807, 2.05) is 41.5 Å². The standard InChI is InChI=1S/C6H11NO2.2C2H6/c1-6(2)4-7(6)5(8)9-3;2*1-2/h4H2,1-3H3;2*1-2H3. The van der Waals surface area contributed by atoms with E-state index in [-0.39, 0.29) is 11.6 Å². The summed E-state index contributed by atoms with van der Waals surface area (Å²) in [6.45, 7) is 12.8. The van der Waals surface area contributed by atoms with Gasteiger partial charge in [0.2, 0.25) is 0 Å². The molecule has 0 aromatic carbocycles. The molecule has 0 aromatic rings. The highest BCUT2D eigenvalue weighted by molar-refractivity contribution is 5.71. The number of hydrogen-bond donors (Lipinski definition) is 0. The molecule has 1 aliphatic rings. The molecule has 0 N–H and O–H groups in total. The molecule has 1 rings (SSSR count). The molecule has 0 bridgehead atoms. The van der Waals surface area contributed by atoms with Gasteiger partial charge in [-0.3, -0.25) is 4.90 Å². The lowest BCUT2D eigenvalue weighted by molar-refractivity contribution is 0.149. The van der Waals surface area contributed by atoms with Crippen molar-refractivity contribution in [3.8, 4) is 0 Å². The van der Waals surface area contributed by atoms with Crippen molar-refractivity contribution in [2.24, 2.45) is 0 Å². The van der Waals surface area contributed by atoms with E-state index >= 15 is 0 Å². The minimum Gasteiger partial charge on any atom is -0.453 e.